The van der Waals surface area contributed by atoms with Crippen LogP contribution < -0.4 is 10.6 Å². The predicted molar refractivity (Wildman–Crippen MR) is 79.5 cm³/mol. The standard InChI is InChI=1S/C14H28N2O5/c1-12(2,3)14(21,13(4,5)6)9(16-11(19)20)7-8-15-10(17)18/h9,15-16,21H,7-8H2,1-6H3,(H,17,18)(H,19,20)/t9-/m0/s1. The molecule has 21 heavy (non-hydrogen) atoms. The molecular weight excluding hydrogens is 276 g/mol. The first-order chi connectivity index (χ1) is 9.23. The van der Waals surface area contributed by atoms with Crippen LogP contribution in [-0.2, 0) is 0 Å². The first-order valence-electron chi connectivity index (χ1n) is 6.92. The average molecular weight is 304 g/mol. The molecule has 124 valence electrons. The average Bonchev–Trinajstić information content (AvgIpc) is 2.22. The molecule has 1 atom stereocenters. The molecule has 0 aliphatic carbocycles. The second-order valence-electron chi connectivity index (χ2n) is 7.29. The van der Waals surface area contributed by atoms with Crippen LogP contribution in [0, 0.1) is 10.8 Å². The van der Waals surface area contributed by atoms with Crippen LogP contribution >= 0.6 is 0 Å². The van der Waals surface area contributed by atoms with E-state index in [9.17, 15) is 14.7 Å². The third-order valence-electron chi connectivity index (χ3n) is 3.80. The van der Waals surface area contributed by atoms with E-state index in [0.29, 0.717) is 0 Å². The zero-order valence-corrected chi connectivity index (χ0v) is 13.6. The molecular formula is C14H28N2O5. The van der Waals surface area contributed by atoms with Crippen molar-refractivity contribution in [2.24, 2.45) is 10.8 Å². The van der Waals surface area contributed by atoms with E-state index in [2.05, 4.69) is 10.6 Å². The molecule has 0 unspecified atom stereocenters. The van der Waals surface area contributed by atoms with Gasteiger partial charge in [0.2, 0.25) is 0 Å². The second kappa shape index (κ2) is 6.51. The van der Waals surface area contributed by atoms with Crippen molar-refractivity contribution < 1.29 is 24.9 Å². The van der Waals surface area contributed by atoms with Crippen molar-refractivity contribution in [1.82, 2.24) is 10.6 Å². The Morgan fingerprint density at radius 1 is 0.952 bits per heavy atom. The van der Waals surface area contributed by atoms with E-state index >= 15 is 0 Å². The third-order valence-corrected chi connectivity index (χ3v) is 3.80. The molecule has 0 spiro atoms. The van der Waals surface area contributed by atoms with Gasteiger partial charge in [0, 0.05) is 6.54 Å². The number of nitrogens with one attached hydrogen (secondary N) is 2. The van der Waals surface area contributed by atoms with E-state index in [1.807, 2.05) is 41.5 Å². The van der Waals surface area contributed by atoms with Crippen LogP contribution in [0.3, 0.4) is 0 Å². The third kappa shape index (κ3) is 4.77. The Morgan fingerprint density at radius 2 is 1.38 bits per heavy atom. The fourth-order valence-corrected chi connectivity index (χ4v) is 3.03. The second-order valence-corrected chi connectivity index (χ2v) is 7.29. The van der Waals surface area contributed by atoms with Gasteiger partial charge >= 0.3 is 12.2 Å². The first-order valence-corrected chi connectivity index (χ1v) is 6.92. The summed E-state index contributed by atoms with van der Waals surface area (Å²) in [5.41, 5.74) is -2.58. The Kier molecular flexibility index (Phi) is 6.05. The molecule has 0 radical (unpaired) electrons. The van der Waals surface area contributed by atoms with E-state index in [-0.39, 0.29) is 13.0 Å². The fourth-order valence-electron chi connectivity index (χ4n) is 3.03. The summed E-state index contributed by atoms with van der Waals surface area (Å²) in [7, 11) is 0. The van der Waals surface area contributed by atoms with Crippen molar-refractivity contribution in [2.45, 2.75) is 59.6 Å². The fraction of sp³-hybridized carbons (Fsp3) is 0.857. The monoisotopic (exact) mass is 304 g/mol. The maximum Gasteiger partial charge on any atom is 0.404 e. The van der Waals surface area contributed by atoms with E-state index in [1.54, 1.807) is 0 Å². The summed E-state index contributed by atoms with van der Waals surface area (Å²) in [6.45, 7) is 11.0. The number of carbonyl (C=O) groups is 2. The summed E-state index contributed by atoms with van der Waals surface area (Å²) in [5.74, 6) is 0. The highest BCUT2D eigenvalue weighted by atomic mass is 16.4. The smallest absolute Gasteiger partial charge is 0.404 e. The zero-order chi connectivity index (χ0) is 17.1. The first kappa shape index (κ1) is 19.5. The molecule has 7 nitrogen and oxygen atoms in total. The summed E-state index contributed by atoms with van der Waals surface area (Å²) in [5, 5.41) is 33.4. The normalized spacial score (nSPS) is 14.4. The maximum absolute atomic E-state index is 11.3. The lowest BCUT2D eigenvalue weighted by Crippen LogP contribution is -2.66. The molecule has 0 saturated carbocycles. The SMILES string of the molecule is CC(C)(C)C(O)([C@H](CCNC(=O)O)NC(=O)O)C(C)(C)C. The van der Waals surface area contributed by atoms with Gasteiger partial charge in [0.1, 0.15) is 0 Å². The van der Waals surface area contributed by atoms with Gasteiger partial charge in [-0.15, -0.1) is 0 Å². The van der Waals surface area contributed by atoms with Crippen LogP contribution in [0.25, 0.3) is 0 Å². The highest BCUT2D eigenvalue weighted by Gasteiger charge is 2.54. The van der Waals surface area contributed by atoms with Gasteiger partial charge in [-0.2, -0.15) is 0 Å². The molecule has 0 aromatic heterocycles. The van der Waals surface area contributed by atoms with E-state index in [1.165, 1.54) is 0 Å². The number of carboxylic acid groups (broad SMARTS) is 2. The van der Waals surface area contributed by atoms with Gasteiger partial charge in [0.25, 0.3) is 0 Å². The lowest BCUT2D eigenvalue weighted by molar-refractivity contribution is -0.159. The Hall–Kier alpha value is -1.50. The number of rotatable bonds is 5. The van der Waals surface area contributed by atoms with Crippen LogP contribution in [0.1, 0.15) is 48.0 Å². The van der Waals surface area contributed by atoms with Crippen LogP contribution in [-0.4, -0.2) is 45.7 Å². The summed E-state index contributed by atoms with van der Waals surface area (Å²) < 4.78 is 0. The van der Waals surface area contributed by atoms with Crippen molar-refractivity contribution >= 4 is 12.2 Å². The van der Waals surface area contributed by atoms with Gasteiger partial charge in [-0.3, -0.25) is 0 Å². The molecule has 2 amide bonds. The number of hydrogen-bond acceptors (Lipinski definition) is 3. The van der Waals surface area contributed by atoms with Crippen LogP contribution in [0.4, 0.5) is 9.59 Å². The molecule has 5 N–H and O–H groups in total. The Labute approximate surface area is 125 Å². The summed E-state index contributed by atoms with van der Waals surface area (Å²) in [4.78, 5) is 21.6. The topological polar surface area (TPSA) is 119 Å². The van der Waals surface area contributed by atoms with Gasteiger partial charge < -0.3 is 26.0 Å². The molecule has 0 aromatic rings. The van der Waals surface area contributed by atoms with Crippen LogP contribution in [0.5, 0.6) is 0 Å². The summed E-state index contributed by atoms with van der Waals surface area (Å²) in [6.07, 6.45) is -2.27. The Morgan fingerprint density at radius 3 is 1.67 bits per heavy atom. The molecule has 0 aliphatic heterocycles. The molecule has 7 heteroatoms. The van der Waals surface area contributed by atoms with Gasteiger partial charge in [-0.1, -0.05) is 41.5 Å². The lowest BCUT2D eigenvalue weighted by atomic mass is 9.58. The largest absolute Gasteiger partial charge is 0.465 e. The molecule has 0 saturated heterocycles. The van der Waals surface area contributed by atoms with Gasteiger partial charge in [-0.05, 0) is 17.3 Å². The van der Waals surface area contributed by atoms with Gasteiger partial charge in [-0.25, -0.2) is 9.59 Å². The van der Waals surface area contributed by atoms with Crippen molar-refractivity contribution in [2.75, 3.05) is 6.54 Å². The van der Waals surface area contributed by atoms with Crippen molar-refractivity contribution in [3.8, 4) is 0 Å². The minimum Gasteiger partial charge on any atom is -0.465 e. The Balaban J connectivity index is 5.49. The van der Waals surface area contributed by atoms with Crippen LogP contribution in [0.2, 0.25) is 0 Å². The van der Waals surface area contributed by atoms with E-state index < -0.39 is 34.7 Å². The zero-order valence-electron chi connectivity index (χ0n) is 13.6. The van der Waals surface area contributed by atoms with Gasteiger partial charge in [0.15, 0.2) is 0 Å². The number of hydrogen-bond donors (Lipinski definition) is 5. The minimum atomic E-state index is -1.36. The molecule has 0 fully saturated rings. The maximum atomic E-state index is 11.3. The molecule has 0 aliphatic rings. The van der Waals surface area contributed by atoms with E-state index in [4.69, 9.17) is 10.2 Å². The molecule has 0 bridgehead atoms. The number of amides is 2. The van der Waals surface area contributed by atoms with Crippen molar-refractivity contribution in [3.63, 3.8) is 0 Å². The van der Waals surface area contributed by atoms with Crippen molar-refractivity contribution in [3.05, 3.63) is 0 Å². The van der Waals surface area contributed by atoms with E-state index in [0.717, 1.165) is 0 Å². The minimum absolute atomic E-state index is 0.0503. The van der Waals surface area contributed by atoms with Gasteiger partial charge in [0.05, 0.1) is 11.6 Å². The number of aliphatic hydroxyl groups is 1. The highest BCUT2D eigenvalue weighted by molar-refractivity contribution is 5.65. The Bertz CT molecular complexity index is 368. The van der Waals surface area contributed by atoms with Crippen molar-refractivity contribution in [1.29, 1.82) is 0 Å². The quantitative estimate of drug-likeness (QED) is 0.533. The lowest BCUT2D eigenvalue weighted by Gasteiger charge is -2.53. The summed E-state index contributed by atoms with van der Waals surface area (Å²) >= 11 is 0. The van der Waals surface area contributed by atoms with Crippen LogP contribution in [0.15, 0.2) is 0 Å². The predicted octanol–water partition coefficient (Wildman–Crippen LogP) is 2.10. The molecule has 0 heterocycles. The molecule has 0 rings (SSSR count). The summed E-state index contributed by atoms with van der Waals surface area (Å²) in [6, 6.07) is -0.804. The highest BCUT2D eigenvalue weighted by Crippen LogP contribution is 2.46. The molecule has 0 aromatic carbocycles.